The molecule has 5 heteroatoms. The topological polar surface area (TPSA) is 68.7 Å². The monoisotopic (exact) mass is 313 g/mol. The Labute approximate surface area is 134 Å². The number of rotatable bonds is 5. The predicted molar refractivity (Wildman–Crippen MR) is 85.2 cm³/mol. The van der Waals surface area contributed by atoms with Crippen molar-refractivity contribution in [3.63, 3.8) is 0 Å². The lowest BCUT2D eigenvalue weighted by molar-refractivity contribution is 0.0684. The van der Waals surface area contributed by atoms with Crippen LogP contribution in [0.15, 0.2) is 30.5 Å². The normalized spacial score (nSPS) is 13.3. The van der Waals surface area contributed by atoms with E-state index in [2.05, 4.69) is 4.98 Å². The number of hydrogen-bond acceptors (Lipinski definition) is 4. The first kappa shape index (κ1) is 15.3. The van der Waals surface area contributed by atoms with E-state index in [1.54, 1.807) is 13.3 Å². The SMILES string of the molecule is COc1cccc(COc2c(C(=O)O)ncc3c2CCCC3)c1. The average Bonchev–Trinajstić information content (AvgIpc) is 2.59. The van der Waals surface area contributed by atoms with Crippen molar-refractivity contribution in [2.75, 3.05) is 7.11 Å². The van der Waals surface area contributed by atoms with Crippen LogP contribution in [0.25, 0.3) is 0 Å². The minimum absolute atomic E-state index is 0.00598. The quantitative estimate of drug-likeness (QED) is 0.917. The summed E-state index contributed by atoms with van der Waals surface area (Å²) in [7, 11) is 1.61. The fourth-order valence-corrected chi connectivity index (χ4v) is 2.90. The number of carboxylic acid groups (broad SMARTS) is 1. The van der Waals surface area contributed by atoms with Crippen LogP contribution in [0, 0.1) is 0 Å². The van der Waals surface area contributed by atoms with Gasteiger partial charge in [0.1, 0.15) is 12.4 Å². The highest BCUT2D eigenvalue weighted by Crippen LogP contribution is 2.32. The predicted octanol–water partition coefficient (Wildman–Crippen LogP) is 3.25. The second-order valence-electron chi connectivity index (χ2n) is 5.59. The molecule has 0 unspecified atom stereocenters. The highest BCUT2D eigenvalue weighted by Gasteiger charge is 2.22. The first-order valence-corrected chi connectivity index (χ1v) is 7.69. The van der Waals surface area contributed by atoms with Crippen molar-refractivity contribution in [3.8, 4) is 11.5 Å². The number of pyridine rings is 1. The molecule has 5 nitrogen and oxygen atoms in total. The minimum Gasteiger partial charge on any atom is -0.497 e. The number of nitrogens with zero attached hydrogens (tertiary/aromatic N) is 1. The molecule has 1 aromatic heterocycles. The van der Waals surface area contributed by atoms with Crippen molar-refractivity contribution >= 4 is 5.97 Å². The van der Waals surface area contributed by atoms with Crippen LogP contribution in [0.5, 0.6) is 11.5 Å². The van der Waals surface area contributed by atoms with E-state index in [-0.39, 0.29) is 12.3 Å². The number of carbonyl (C=O) groups is 1. The average molecular weight is 313 g/mol. The van der Waals surface area contributed by atoms with Crippen LogP contribution in [-0.4, -0.2) is 23.2 Å². The summed E-state index contributed by atoms with van der Waals surface area (Å²) < 4.78 is 11.1. The molecule has 1 aromatic carbocycles. The largest absolute Gasteiger partial charge is 0.497 e. The number of aromatic nitrogens is 1. The summed E-state index contributed by atoms with van der Waals surface area (Å²) >= 11 is 0. The number of benzene rings is 1. The molecule has 0 saturated carbocycles. The van der Waals surface area contributed by atoms with Crippen LogP contribution >= 0.6 is 0 Å². The zero-order valence-corrected chi connectivity index (χ0v) is 13.0. The van der Waals surface area contributed by atoms with Gasteiger partial charge in [-0.25, -0.2) is 9.78 Å². The third-order valence-electron chi connectivity index (χ3n) is 4.07. The molecule has 3 rings (SSSR count). The third-order valence-corrected chi connectivity index (χ3v) is 4.07. The summed E-state index contributed by atoms with van der Waals surface area (Å²) in [5.74, 6) is 0.106. The van der Waals surface area contributed by atoms with E-state index in [0.29, 0.717) is 5.75 Å². The van der Waals surface area contributed by atoms with Crippen LogP contribution in [0.2, 0.25) is 0 Å². The summed E-state index contributed by atoms with van der Waals surface area (Å²) in [5.41, 5.74) is 3.01. The maximum absolute atomic E-state index is 11.5. The molecule has 0 atom stereocenters. The maximum atomic E-state index is 11.5. The number of hydrogen-bond donors (Lipinski definition) is 1. The molecule has 0 saturated heterocycles. The van der Waals surface area contributed by atoms with Gasteiger partial charge in [0.2, 0.25) is 0 Å². The molecule has 1 aliphatic rings. The Morgan fingerprint density at radius 3 is 2.91 bits per heavy atom. The van der Waals surface area contributed by atoms with Crippen LogP contribution in [0.3, 0.4) is 0 Å². The second kappa shape index (κ2) is 6.69. The van der Waals surface area contributed by atoms with Crippen LogP contribution in [-0.2, 0) is 19.4 Å². The highest BCUT2D eigenvalue weighted by atomic mass is 16.5. The van der Waals surface area contributed by atoms with E-state index in [1.165, 1.54) is 0 Å². The van der Waals surface area contributed by atoms with Crippen molar-refractivity contribution < 1.29 is 19.4 Å². The lowest BCUT2D eigenvalue weighted by Crippen LogP contribution is -2.13. The first-order valence-electron chi connectivity index (χ1n) is 7.69. The van der Waals surface area contributed by atoms with Crippen molar-refractivity contribution in [1.82, 2.24) is 4.98 Å². The van der Waals surface area contributed by atoms with Gasteiger partial charge in [-0.2, -0.15) is 0 Å². The Morgan fingerprint density at radius 2 is 2.13 bits per heavy atom. The lowest BCUT2D eigenvalue weighted by atomic mass is 9.92. The smallest absolute Gasteiger partial charge is 0.358 e. The van der Waals surface area contributed by atoms with E-state index in [0.717, 1.165) is 48.1 Å². The number of carboxylic acids is 1. The van der Waals surface area contributed by atoms with Gasteiger partial charge < -0.3 is 14.6 Å². The molecule has 1 aliphatic carbocycles. The first-order chi connectivity index (χ1) is 11.2. The fourth-order valence-electron chi connectivity index (χ4n) is 2.90. The molecule has 1 heterocycles. The Bertz CT molecular complexity index is 727. The third kappa shape index (κ3) is 3.28. The van der Waals surface area contributed by atoms with Gasteiger partial charge in [-0.05, 0) is 48.9 Å². The fraction of sp³-hybridized carbons (Fsp3) is 0.333. The van der Waals surface area contributed by atoms with E-state index in [4.69, 9.17) is 9.47 Å². The minimum atomic E-state index is -1.06. The van der Waals surface area contributed by atoms with Gasteiger partial charge in [0.15, 0.2) is 11.4 Å². The lowest BCUT2D eigenvalue weighted by Gasteiger charge is -2.20. The summed E-state index contributed by atoms with van der Waals surface area (Å²) in [6, 6.07) is 7.54. The van der Waals surface area contributed by atoms with Gasteiger partial charge >= 0.3 is 5.97 Å². The van der Waals surface area contributed by atoms with E-state index in [1.807, 2.05) is 24.3 Å². The molecule has 1 N–H and O–H groups in total. The van der Waals surface area contributed by atoms with Crippen LogP contribution < -0.4 is 9.47 Å². The number of ether oxygens (including phenoxy) is 2. The Hall–Kier alpha value is -2.56. The van der Waals surface area contributed by atoms with Gasteiger partial charge in [-0.15, -0.1) is 0 Å². The molecule has 0 spiro atoms. The van der Waals surface area contributed by atoms with Crippen molar-refractivity contribution in [3.05, 3.63) is 52.8 Å². The van der Waals surface area contributed by atoms with Crippen molar-refractivity contribution in [2.45, 2.75) is 32.3 Å². The molecule has 2 aromatic rings. The van der Waals surface area contributed by atoms with Gasteiger partial charge in [0, 0.05) is 11.8 Å². The van der Waals surface area contributed by atoms with Crippen LogP contribution in [0.1, 0.15) is 40.0 Å². The molecular formula is C18H19NO4. The van der Waals surface area contributed by atoms with E-state index in [9.17, 15) is 9.90 Å². The molecular weight excluding hydrogens is 294 g/mol. The van der Waals surface area contributed by atoms with Gasteiger partial charge in [-0.3, -0.25) is 0 Å². The zero-order valence-electron chi connectivity index (χ0n) is 13.0. The molecule has 23 heavy (non-hydrogen) atoms. The Balaban J connectivity index is 1.90. The van der Waals surface area contributed by atoms with Crippen molar-refractivity contribution in [1.29, 1.82) is 0 Å². The number of fused-ring (bicyclic) bond motifs is 1. The molecule has 0 amide bonds. The molecule has 0 aliphatic heterocycles. The standard InChI is InChI=1S/C18H19NO4/c1-22-14-7-4-5-12(9-14)11-23-17-15-8-3-2-6-13(15)10-19-16(17)18(20)21/h4-5,7,9-10H,2-3,6,8,11H2,1H3,(H,20,21). The van der Waals surface area contributed by atoms with Gasteiger partial charge in [0.05, 0.1) is 7.11 Å². The maximum Gasteiger partial charge on any atom is 0.358 e. The number of aromatic carboxylic acids is 1. The second-order valence-corrected chi connectivity index (χ2v) is 5.59. The Kier molecular flexibility index (Phi) is 4.46. The van der Waals surface area contributed by atoms with Crippen LogP contribution in [0.4, 0.5) is 0 Å². The molecule has 0 radical (unpaired) electrons. The number of methoxy groups -OCH3 is 1. The van der Waals surface area contributed by atoms with Gasteiger partial charge in [0.25, 0.3) is 0 Å². The highest BCUT2D eigenvalue weighted by molar-refractivity contribution is 5.89. The van der Waals surface area contributed by atoms with Crippen molar-refractivity contribution in [2.24, 2.45) is 0 Å². The number of aryl methyl sites for hydroxylation is 1. The summed E-state index contributed by atoms with van der Waals surface area (Å²) in [4.78, 5) is 15.5. The van der Waals surface area contributed by atoms with E-state index < -0.39 is 5.97 Å². The summed E-state index contributed by atoms with van der Waals surface area (Å²) in [6.45, 7) is 0.287. The molecule has 0 bridgehead atoms. The van der Waals surface area contributed by atoms with E-state index >= 15 is 0 Å². The zero-order chi connectivity index (χ0) is 16.2. The molecule has 120 valence electrons. The summed E-state index contributed by atoms with van der Waals surface area (Å²) in [6.07, 6.45) is 5.60. The summed E-state index contributed by atoms with van der Waals surface area (Å²) in [5, 5.41) is 9.38. The van der Waals surface area contributed by atoms with Gasteiger partial charge in [-0.1, -0.05) is 12.1 Å². The molecule has 0 fully saturated rings. The Morgan fingerprint density at radius 1 is 1.30 bits per heavy atom.